The number of amides is 2. The molecule has 1 aliphatic rings. The number of likely N-dealkylation sites (tertiary alicyclic amines) is 1. The highest BCUT2D eigenvalue weighted by molar-refractivity contribution is 7.11. The van der Waals surface area contributed by atoms with Gasteiger partial charge in [0.1, 0.15) is 10.0 Å². The van der Waals surface area contributed by atoms with Gasteiger partial charge in [-0.05, 0) is 19.3 Å². The number of rotatable bonds is 4. The summed E-state index contributed by atoms with van der Waals surface area (Å²) >= 11 is 1.53. The van der Waals surface area contributed by atoms with Crippen molar-refractivity contribution in [2.75, 3.05) is 13.1 Å². The van der Waals surface area contributed by atoms with Gasteiger partial charge >= 0.3 is 0 Å². The second-order valence-corrected chi connectivity index (χ2v) is 6.11. The van der Waals surface area contributed by atoms with E-state index < -0.39 is 0 Å². The highest BCUT2D eigenvalue weighted by Gasteiger charge is 2.26. The average Bonchev–Trinajstić information content (AvgIpc) is 2.93. The Morgan fingerprint density at radius 3 is 2.80 bits per heavy atom. The van der Waals surface area contributed by atoms with Crippen LogP contribution in [-0.2, 0) is 22.6 Å². The number of carbonyl (C=O) groups excluding carboxylic acids is 2. The van der Waals surface area contributed by atoms with Crippen molar-refractivity contribution in [1.29, 1.82) is 0 Å². The fraction of sp³-hybridized carbons (Fsp3) is 0.692. The maximum atomic E-state index is 12.1. The Morgan fingerprint density at radius 1 is 1.40 bits per heavy atom. The van der Waals surface area contributed by atoms with Gasteiger partial charge in [0.05, 0.1) is 12.5 Å². The summed E-state index contributed by atoms with van der Waals surface area (Å²) in [5.74, 6) is -0.0605. The van der Waals surface area contributed by atoms with Crippen LogP contribution in [0, 0.1) is 5.92 Å². The molecule has 1 aromatic heterocycles. The number of piperidine rings is 1. The highest BCUT2D eigenvalue weighted by Crippen LogP contribution is 2.17. The lowest BCUT2D eigenvalue weighted by Crippen LogP contribution is -2.44. The van der Waals surface area contributed by atoms with E-state index in [0.29, 0.717) is 13.1 Å². The molecular weight excluding hydrogens is 276 g/mol. The van der Waals surface area contributed by atoms with E-state index in [0.717, 1.165) is 35.8 Å². The molecule has 0 radical (unpaired) electrons. The van der Waals surface area contributed by atoms with Gasteiger partial charge in [0.25, 0.3) is 0 Å². The molecule has 1 aromatic rings. The third-order valence-corrected chi connectivity index (χ3v) is 4.53. The Hall–Kier alpha value is -1.50. The zero-order valence-electron chi connectivity index (χ0n) is 11.9. The Labute approximate surface area is 122 Å². The van der Waals surface area contributed by atoms with Crippen molar-refractivity contribution >= 4 is 23.2 Å². The first kappa shape index (κ1) is 14.9. The summed E-state index contributed by atoms with van der Waals surface area (Å²) in [6, 6.07) is 0. The van der Waals surface area contributed by atoms with Crippen LogP contribution >= 0.6 is 11.3 Å². The van der Waals surface area contributed by atoms with Gasteiger partial charge in [-0.1, -0.05) is 18.3 Å². The van der Waals surface area contributed by atoms with Gasteiger partial charge in [0.2, 0.25) is 11.8 Å². The summed E-state index contributed by atoms with van der Waals surface area (Å²) in [5.41, 5.74) is 0. The van der Waals surface area contributed by atoms with E-state index in [1.807, 2.05) is 6.92 Å². The Morgan fingerprint density at radius 2 is 2.15 bits per heavy atom. The summed E-state index contributed by atoms with van der Waals surface area (Å²) in [5, 5.41) is 12.8. The van der Waals surface area contributed by atoms with Crippen LogP contribution in [0.5, 0.6) is 0 Å². The van der Waals surface area contributed by atoms with Crippen LogP contribution in [0.3, 0.4) is 0 Å². The van der Waals surface area contributed by atoms with E-state index in [2.05, 4.69) is 15.5 Å². The minimum Gasteiger partial charge on any atom is -0.349 e. The van der Waals surface area contributed by atoms with Crippen molar-refractivity contribution in [2.45, 2.75) is 39.7 Å². The molecule has 1 fully saturated rings. The number of nitrogens with zero attached hydrogens (tertiary/aromatic N) is 3. The Bertz CT molecular complexity index is 488. The lowest BCUT2D eigenvalue weighted by atomic mass is 9.97. The first-order valence-electron chi connectivity index (χ1n) is 6.94. The summed E-state index contributed by atoms with van der Waals surface area (Å²) in [7, 11) is 0. The molecule has 0 bridgehead atoms. The number of nitrogens with one attached hydrogen (secondary N) is 1. The topological polar surface area (TPSA) is 75.2 Å². The number of aromatic nitrogens is 2. The van der Waals surface area contributed by atoms with Crippen LogP contribution in [-0.4, -0.2) is 40.0 Å². The van der Waals surface area contributed by atoms with Crippen molar-refractivity contribution in [1.82, 2.24) is 20.4 Å². The summed E-state index contributed by atoms with van der Waals surface area (Å²) in [6.45, 7) is 5.29. The highest BCUT2D eigenvalue weighted by atomic mass is 32.1. The number of hydrogen-bond donors (Lipinski definition) is 1. The largest absolute Gasteiger partial charge is 0.349 e. The average molecular weight is 296 g/mol. The van der Waals surface area contributed by atoms with Crippen LogP contribution < -0.4 is 5.32 Å². The fourth-order valence-corrected chi connectivity index (χ4v) is 3.01. The second kappa shape index (κ2) is 6.78. The van der Waals surface area contributed by atoms with E-state index in [-0.39, 0.29) is 17.7 Å². The van der Waals surface area contributed by atoms with E-state index in [9.17, 15) is 9.59 Å². The predicted octanol–water partition coefficient (Wildman–Crippen LogP) is 0.975. The van der Waals surface area contributed by atoms with Crippen LogP contribution in [0.15, 0.2) is 0 Å². The first-order chi connectivity index (χ1) is 9.60. The smallest absolute Gasteiger partial charge is 0.225 e. The van der Waals surface area contributed by atoms with Gasteiger partial charge in [0, 0.05) is 20.0 Å². The Kier molecular flexibility index (Phi) is 5.05. The normalized spacial score (nSPS) is 18.9. The molecule has 6 nitrogen and oxygen atoms in total. The lowest BCUT2D eigenvalue weighted by molar-refractivity contribution is -0.134. The second-order valence-electron chi connectivity index (χ2n) is 4.97. The first-order valence-corrected chi connectivity index (χ1v) is 7.76. The third-order valence-electron chi connectivity index (χ3n) is 3.46. The van der Waals surface area contributed by atoms with Gasteiger partial charge in [-0.3, -0.25) is 9.59 Å². The minimum atomic E-state index is -0.105. The molecule has 7 heteroatoms. The van der Waals surface area contributed by atoms with Crippen LogP contribution in [0.1, 0.15) is 36.7 Å². The predicted molar refractivity (Wildman–Crippen MR) is 76.1 cm³/mol. The summed E-state index contributed by atoms with van der Waals surface area (Å²) in [4.78, 5) is 25.2. The summed E-state index contributed by atoms with van der Waals surface area (Å²) in [6.07, 6.45) is 2.59. The maximum Gasteiger partial charge on any atom is 0.225 e. The molecule has 20 heavy (non-hydrogen) atoms. The quantitative estimate of drug-likeness (QED) is 0.898. The molecule has 1 N–H and O–H groups in total. The van der Waals surface area contributed by atoms with Gasteiger partial charge in [-0.25, -0.2) is 0 Å². The SMILES string of the molecule is CCc1nnc(CNC(=O)[C@H]2CCCN(C(C)=O)C2)s1. The van der Waals surface area contributed by atoms with Crippen molar-refractivity contribution in [3.8, 4) is 0 Å². The maximum absolute atomic E-state index is 12.1. The van der Waals surface area contributed by atoms with Gasteiger partial charge in [-0.2, -0.15) is 0 Å². The van der Waals surface area contributed by atoms with Crippen LogP contribution in [0.25, 0.3) is 0 Å². The molecule has 110 valence electrons. The van der Waals surface area contributed by atoms with Crippen molar-refractivity contribution in [3.05, 3.63) is 10.0 Å². The fourth-order valence-electron chi connectivity index (χ4n) is 2.29. The molecule has 1 saturated heterocycles. The van der Waals surface area contributed by atoms with Gasteiger partial charge in [-0.15, -0.1) is 10.2 Å². The molecule has 2 heterocycles. The van der Waals surface area contributed by atoms with Crippen molar-refractivity contribution in [3.63, 3.8) is 0 Å². The van der Waals surface area contributed by atoms with Crippen LogP contribution in [0.2, 0.25) is 0 Å². The van der Waals surface area contributed by atoms with Crippen molar-refractivity contribution < 1.29 is 9.59 Å². The number of carbonyl (C=O) groups is 2. The molecule has 0 saturated carbocycles. The molecular formula is C13H20N4O2S. The number of hydrogen-bond acceptors (Lipinski definition) is 5. The minimum absolute atomic E-state index is 0.00389. The molecule has 0 spiro atoms. The van der Waals surface area contributed by atoms with Crippen LogP contribution in [0.4, 0.5) is 0 Å². The molecule has 2 amide bonds. The molecule has 0 aromatic carbocycles. The Balaban J connectivity index is 1.83. The zero-order chi connectivity index (χ0) is 14.5. The molecule has 2 rings (SSSR count). The zero-order valence-corrected chi connectivity index (χ0v) is 12.7. The van der Waals surface area contributed by atoms with Crippen molar-refractivity contribution in [2.24, 2.45) is 5.92 Å². The van der Waals surface area contributed by atoms with Gasteiger partial charge in [0.15, 0.2) is 0 Å². The summed E-state index contributed by atoms with van der Waals surface area (Å²) < 4.78 is 0. The third kappa shape index (κ3) is 3.75. The monoisotopic (exact) mass is 296 g/mol. The van der Waals surface area contributed by atoms with Gasteiger partial charge < -0.3 is 10.2 Å². The standard InChI is InChI=1S/C13H20N4O2S/c1-3-11-15-16-12(20-11)7-14-13(19)10-5-4-6-17(8-10)9(2)18/h10H,3-8H2,1-2H3,(H,14,19)/t10-/m0/s1. The number of aryl methyl sites for hydroxylation is 1. The molecule has 1 atom stereocenters. The molecule has 0 aliphatic carbocycles. The van der Waals surface area contributed by atoms with E-state index in [1.165, 1.54) is 11.3 Å². The lowest BCUT2D eigenvalue weighted by Gasteiger charge is -2.31. The van der Waals surface area contributed by atoms with E-state index in [1.54, 1.807) is 11.8 Å². The molecule has 0 unspecified atom stereocenters. The van der Waals surface area contributed by atoms with E-state index in [4.69, 9.17) is 0 Å². The van der Waals surface area contributed by atoms with E-state index >= 15 is 0 Å². The molecule has 1 aliphatic heterocycles.